The van der Waals surface area contributed by atoms with Crippen molar-refractivity contribution in [2.24, 2.45) is 17.8 Å². The van der Waals surface area contributed by atoms with E-state index in [4.69, 9.17) is 16.3 Å². The molecule has 0 bridgehead atoms. The van der Waals surface area contributed by atoms with Gasteiger partial charge in [0.1, 0.15) is 6.10 Å². The van der Waals surface area contributed by atoms with Gasteiger partial charge in [-0.05, 0) is 60.4 Å². The standard InChI is InChI=1S/C25H30ClNO2/c1-16(2)21-14-9-17(3)15-22(21)29-25(28)24-23(18-10-12-19(26)13-11-18)27(24)20-7-5-4-6-8-20/h4-8,10-13,16-17,21-24H,9,14-15H2,1-3H3/t17-,21+,22-,23?,24+,27?/m1/s1. The Bertz CT molecular complexity index is 836. The van der Waals surface area contributed by atoms with Gasteiger partial charge in [0.25, 0.3) is 0 Å². The second-order valence-corrected chi connectivity index (χ2v) is 9.42. The van der Waals surface area contributed by atoms with E-state index in [1.807, 2.05) is 42.5 Å². The first-order valence-electron chi connectivity index (χ1n) is 10.7. The molecule has 0 spiro atoms. The highest BCUT2D eigenvalue weighted by atomic mass is 35.5. The van der Waals surface area contributed by atoms with Crippen molar-refractivity contribution in [2.45, 2.75) is 58.2 Å². The van der Waals surface area contributed by atoms with Crippen molar-refractivity contribution < 1.29 is 9.53 Å². The van der Waals surface area contributed by atoms with Crippen LogP contribution in [0.5, 0.6) is 0 Å². The van der Waals surface area contributed by atoms with Crippen LogP contribution in [0.2, 0.25) is 5.02 Å². The van der Waals surface area contributed by atoms with Crippen LogP contribution in [0.25, 0.3) is 0 Å². The van der Waals surface area contributed by atoms with Crippen LogP contribution in [0.4, 0.5) is 5.69 Å². The largest absolute Gasteiger partial charge is 0.460 e. The number of ether oxygens (including phenoxy) is 1. The van der Waals surface area contributed by atoms with E-state index in [0.29, 0.717) is 22.8 Å². The average molecular weight is 412 g/mol. The normalized spacial score (nSPS) is 29.0. The van der Waals surface area contributed by atoms with Gasteiger partial charge in [-0.2, -0.15) is 0 Å². The zero-order valence-corrected chi connectivity index (χ0v) is 18.2. The summed E-state index contributed by atoms with van der Waals surface area (Å²) in [5, 5.41) is 0.704. The highest BCUT2D eigenvalue weighted by molar-refractivity contribution is 6.30. The van der Waals surface area contributed by atoms with E-state index >= 15 is 0 Å². The van der Waals surface area contributed by atoms with Crippen molar-refractivity contribution in [1.29, 1.82) is 0 Å². The number of carbonyl (C=O) groups excluding carboxylic acids is 1. The second-order valence-electron chi connectivity index (χ2n) is 8.99. The maximum Gasteiger partial charge on any atom is 0.331 e. The van der Waals surface area contributed by atoms with E-state index in [0.717, 1.165) is 24.1 Å². The number of hydrogen-bond acceptors (Lipinski definition) is 3. The van der Waals surface area contributed by atoms with Crippen molar-refractivity contribution in [2.75, 3.05) is 4.90 Å². The predicted molar refractivity (Wildman–Crippen MR) is 118 cm³/mol. The summed E-state index contributed by atoms with van der Waals surface area (Å²) >= 11 is 6.07. The third kappa shape index (κ3) is 4.30. The molecule has 1 aliphatic carbocycles. The van der Waals surface area contributed by atoms with E-state index in [9.17, 15) is 4.79 Å². The van der Waals surface area contributed by atoms with Gasteiger partial charge >= 0.3 is 5.97 Å². The summed E-state index contributed by atoms with van der Waals surface area (Å²) in [6, 6.07) is 17.6. The molecule has 0 amide bonds. The molecule has 1 heterocycles. The number of para-hydroxylation sites is 1. The molecule has 0 N–H and O–H groups in total. The Hall–Kier alpha value is -2.00. The Balaban J connectivity index is 1.55. The van der Waals surface area contributed by atoms with E-state index in [-0.39, 0.29) is 24.2 Å². The number of benzene rings is 2. The summed E-state index contributed by atoms with van der Waals surface area (Å²) in [7, 11) is 0. The molecule has 1 aliphatic heterocycles. The van der Waals surface area contributed by atoms with E-state index in [2.05, 4.69) is 37.8 Å². The van der Waals surface area contributed by atoms with E-state index in [1.54, 1.807) is 0 Å². The SMILES string of the molecule is CC(C)[C@@H]1CC[C@@H](C)C[C@H]1OC(=O)[C@@H]1C(c2ccc(Cl)cc2)N1c1ccccc1. The molecule has 4 heteroatoms. The van der Waals surface area contributed by atoms with Crippen molar-refractivity contribution >= 4 is 23.3 Å². The van der Waals surface area contributed by atoms with Crippen LogP contribution in [0.3, 0.4) is 0 Å². The lowest BCUT2D eigenvalue weighted by Gasteiger charge is -2.36. The lowest BCUT2D eigenvalue weighted by molar-refractivity contribution is -0.155. The van der Waals surface area contributed by atoms with E-state index in [1.165, 1.54) is 6.42 Å². The molecule has 29 heavy (non-hydrogen) atoms. The van der Waals surface area contributed by atoms with Gasteiger partial charge in [0.05, 0.1) is 6.04 Å². The van der Waals surface area contributed by atoms with Crippen molar-refractivity contribution in [1.82, 2.24) is 0 Å². The minimum atomic E-state index is -0.274. The molecule has 4 rings (SSSR count). The first kappa shape index (κ1) is 20.3. The van der Waals surface area contributed by atoms with E-state index < -0.39 is 0 Å². The first-order valence-corrected chi connectivity index (χ1v) is 11.1. The summed E-state index contributed by atoms with van der Waals surface area (Å²) in [6.07, 6.45) is 3.36. The third-order valence-corrected chi connectivity index (χ3v) is 6.80. The highest BCUT2D eigenvalue weighted by Gasteiger charge is 2.55. The smallest absolute Gasteiger partial charge is 0.331 e. The summed E-state index contributed by atoms with van der Waals surface area (Å²) in [6.45, 7) is 6.75. The molecule has 2 aliphatic rings. The fraction of sp³-hybridized carbons (Fsp3) is 0.480. The van der Waals surface area contributed by atoms with Crippen LogP contribution in [-0.4, -0.2) is 18.1 Å². The van der Waals surface area contributed by atoms with Gasteiger partial charge in [-0.25, -0.2) is 4.79 Å². The molecule has 2 aromatic rings. The lowest BCUT2D eigenvalue weighted by Crippen LogP contribution is -2.37. The third-order valence-electron chi connectivity index (χ3n) is 6.54. The van der Waals surface area contributed by atoms with Crippen LogP contribution in [0, 0.1) is 17.8 Å². The predicted octanol–water partition coefficient (Wildman–Crippen LogP) is 6.27. The van der Waals surface area contributed by atoms with Gasteiger partial charge in [-0.1, -0.05) is 69.1 Å². The Kier molecular flexibility index (Phi) is 5.87. The van der Waals surface area contributed by atoms with Crippen LogP contribution < -0.4 is 4.90 Å². The molecule has 2 fully saturated rings. The summed E-state index contributed by atoms with van der Waals surface area (Å²) in [5.41, 5.74) is 2.14. The number of esters is 1. The molecular weight excluding hydrogens is 382 g/mol. The number of hydrogen-bond donors (Lipinski definition) is 0. The molecule has 3 nitrogen and oxygen atoms in total. The maximum absolute atomic E-state index is 13.3. The zero-order chi connectivity index (χ0) is 20.5. The molecule has 1 saturated carbocycles. The quantitative estimate of drug-likeness (QED) is 0.428. The summed E-state index contributed by atoms with van der Waals surface area (Å²) in [4.78, 5) is 15.4. The van der Waals surface area contributed by atoms with Crippen molar-refractivity contribution in [3.63, 3.8) is 0 Å². The summed E-state index contributed by atoms with van der Waals surface area (Å²) in [5.74, 6) is 1.49. The Morgan fingerprint density at radius 3 is 2.41 bits per heavy atom. The average Bonchev–Trinajstić information content (AvgIpc) is 3.45. The Morgan fingerprint density at radius 2 is 1.76 bits per heavy atom. The number of anilines is 1. The molecule has 5 atom stereocenters. The van der Waals surface area contributed by atoms with Crippen LogP contribution >= 0.6 is 11.6 Å². The summed E-state index contributed by atoms with van der Waals surface area (Å²) < 4.78 is 6.18. The minimum absolute atomic E-state index is 0.000630. The molecular formula is C25H30ClNO2. The second kappa shape index (κ2) is 8.39. The fourth-order valence-corrected chi connectivity index (χ4v) is 4.99. The molecule has 1 saturated heterocycles. The minimum Gasteiger partial charge on any atom is -0.460 e. The van der Waals surface area contributed by atoms with Gasteiger partial charge in [-0.3, -0.25) is 0 Å². The van der Waals surface area contributed by atoms with Gasteiger partial charge in [0.2, 0.25) is 0 Å². The van der Waals surface area contributed by atoms with Crippen molar-refractivity contribution in [3.05, 3.63) is 65.2 Å². The van der Waals surface area contributed by atoms with Crippen LogP contribution in [0.15, 0.2) is 54.6 Å². The molecule has 154 valence electrons. The number of carbonyl (C=O) groups is 1. The van der Waals surface area contributed by atoms with Gasteiger partial charge < -0.3 is 9.64 Å². The number of halogens is 1. The highest BCUT2D eigenvalue weighted by Crippen LogP contribution is 2.48. The molecule has 1 unspecified atom stereocenters. The zero-order valence-electron chi connectivity index (χ0n) is 17.4. The fourth-order valence-electron chi connectivity index (χ4n) is 4.87. The van der Waals surface area contributed by atoms with Crippen LogP contribution in [-0.2, 0) is 9.53 Å². The maximum atomic E-state index is 13.3. The van der Waals surface area contributed by atoms with Crippen molar-refractivity contribution in [3.8, 4) is 0 Å². The topological polar surface area (TPSA) is 29.3 Å². The molecule has 0 radical (unpaired) electrons. The molecule has 2 aromatic carbocycles. The van der Waals surface area contributed by atoms with Crippen LogP contribution in [0.1, 0.15) is 51.6 Å². The number of rotatable bonds is 5. The first-order chi connectivity index (χ1) is 14.0. The Labute approximate surface area is 179 Å². The molecule has 0 aromatic heterocycles. The number of nitrogens with zero attached hydrogens (tertiary/aromatic N) is 1. The van der Waals surface area contributed by atoms with Gasteiger partial charge in [0, 0.05) is 10.7 Å². The lowest BCUT2D eigenvalue weighted by atomic mass is 9.75. The Morgan fingerprint density at radius 1 is 1.07 bits per heavy atom. The van der Waals surface area contributed by atoms with Gasteiger partial charge in [-0.15, -0.1) is 0 Å². The van der Waals surface area contributed by atoms with Gasteiger partial charge in [0.15, 0.2) is 6.04 Å². The monoisotopic (exact) mass is 411 g/mol.